The highest BCUT2D eigenvalue weighted by Crippen LogP contribution is 2.51. The zero-order valence-electron chi connectivity index (χ0n) is 14.2. The Kier molecular flexibility index (Phi) is 3.94. The number of carboxylic acid groups (broad SMARTS) is 1. The summed E-state index contributed by atoms with van der Waals surface area (Å²) < 4.78 is 20.9. The van der Waals surface area contributed by atoms with E-state index in [0.29, 0.717) is 27.4 Å². The van der Waals surface area contributed by atoms with Crippen LogP contribution in [0.1, 0.15) is 29.9 Å². The number of nitrogens with one attached hydrogen (secondary N) is 1. The lowest BCUT2D eigenvalue weighted by Gasteiger charge is -2.34. The summed E-state index contributed by atoms with van der Waals surface area (Å²) in [7, 11) is 0. The van der Waals surface area contributed by atoms with Crippen LogP contribution in [-0.2, 0) is 5.60 Å². The van der Waals surface area contributed by atoms with Gasteiger partial charge in [-0.05, 0) is 38.1 Å². The molecule has 1 aromatic heterocycles. The third-order valence-electron chi connectivity index (χ3n) is 4.50. The average molecular weight is 407 g/mol. The second kappa shape index (κ2) is 5.97. The molecular formula is C19H13Cl2FN2O3. The number of carbonyl (C=O) groups is 1. The number of hydrogen-bond acceptors (Lipinski definition) is 3. The molecule has 27 heavy (non-hydrogen) atoms. The molecule has 3 aromatic rings. The first-order chi connectivity index (χ1) is 12.7. The minimum Gasteiger partial charge on any atom is -0.482 e. The van der Waals surface area contributed by atoms with Crippen LogP contribution in [0.25, 0.3) is 22.4 Å². The largest absolute Gasteiger partial charge is 0.482 e. The molecule has 1 aliphatic heterocycles. The molecule has 0 aliphatic carbocycles. The maximum Gasteiger partial charge on any atom is 0.354 e. The Morgan fingerprint density at radius 2 is 1.93 bits per heavy atom. The number of aromatic carboxylic acids is 1. The van der Waals surface area contributed by atoms with Gasteiger partial charge in [-0.25, -0.2) is 9.18 Å². The highest BCUT2D eigenvalue weighted by molar-refractivity contribution is 6.36. The zero-order valence-corrected chi connectivity index (χ0v) is 15.7. The molecule has 5 nitrogen and oxygen atoms in total. The van der Waals surface area contributed by atoms with Crippen molar-refractivity contribution < 1.29 is 19.0 Å². The Labute approximate surface area is 163 Å². The molecule has 0 amide bonds. The van der Waals surface area contributed by atoms with Crippen LogP contribution in [0.2, 0.25) is 10.0 Å². The fraction of sp³-hybridized carbons (Fsp3) is 0.158. The number of rotatable bonds is 2. The number of aromatic amines is 1. The van der Waals surface area contributed by atoms with Gasteiger partial charge in [-0.1, -0.05) is 29.3 Å². The van der Waals surface area contributed by atoms with E-state index >= 15 is 0 Å². The number of halogens is 3. The van der Waals surface area contributed by atoms with Gasteiger partial charge < -0.3 is 9.84 Å². The van der Waals surface area contributed by atoms with Gasteiger partial charge in [0.25, 0.3) is 0 Å². The predicted octanol–water partition coefficient (Wildman–Crippen LogP) is 5.52. The van der Waals surface area contributed by atoms with E-state index in [1.807, 2.05) is 0 Å². The number of aromatic nitrogens is 2. The lowest BCUT2D eigenvalue weighted by atomic mass is 9.87. The molecule has 0 fully saturated rings. The summed E-state index contributed by atoms with van der Waals surface area (Å²) in [5, 5.41) is 16.8. The first-order valence-corrected chi connectivity index (χ1v) is 8.75. The fourth-order valence-corrected chi connectivity index (χ4v) is 3.88. The van der Waals surface area contributed by atoms with Crippen LogP contribution in [0, 0.1) is 5.82 Å². The van der Waals surface area contributed by atoms with Crippen LogP contribution in [0.5, 0.6) is 5.75 Å². The number of nitrogens with zero attached hydrogens (tertiary/aromatic N) is 1. The van der Waals surface area contributed by atoms with Gasteiger partial charge in [0.05, 0.1) is 16.1 Å². The summed E-state index contributed by atoms with van der Waals surface area (Å²) in [5.74, 6) is -1.42. The van der Waals surface area contributed by atoms with E-state index in [2.05, 4.69) is 10.2 Å². The summed E-state index contributed by atoms with van der Waals surface area (Å²) in [6.45, 7) is 3.41. The number of benzene rings is 2. The summed E-state index contributed by atoms with van der Waals surface area (Å²) in [6.07, 6.45) is 0. The van der Waals surface area contributed by atoms with Crippen LogP contribution in [0.3, 0.4) is 0 Å². The average Bonchev–Trinajstić information content (AvgIpc) is 3.02. The van der Waals surface area contributed by atoms with Gasteiger partial charge in [0.2, 0.25) is 0 Å². The maximum atomic E-state index is 14.8. The van der Waals surface area contributed by atoms with E-state index in [0.717, 1.165) is 0 Å². The summed E-state index contributed by atoms with van der Waals surface area (Å²) in [5.41, 5.74) is 0.778. The number of ether oxygens (including phenoxy) is 1. The summed E-state index contributed by atoms with van der Waals surface area (Å²) >= 11 is 12.2. The van der Waals surface area contributed by atoms with E-state index < -0.39 is 17.4 Å². The van der Waals surface area contributed by atoms with Gasteiger partial charge in [-0.15, -0.1) is 0 Å². The van der Waals surface area contributed by atoms with E-state index in [1.165, 1.54) is 18.2 Å². The Bertz CT molecular complexity index is 1110. The molecule has 1 aliphatic rings. The minimum absolute atomic E-state index is 0.0592. The van der Waals surface area contributed by atoms with Crippen molar-refractivity contribution in [3.63, 3.8) is 0 Å². The Morgan fingerprint density at radius 1 is 1.22 bits per heavy atom. The predicted molar refractivity (Wildman–Crippen MR) is 100 cm³/mol. The SMILES string of the molecule is CC1(C)Oc2c(ccc(F)c2-c2ccc(Cl)cc2Cl)-c2n[nH]c(C(=O)O)c21. The van der Waals surface area contributed by atoms with Crippen molar-refractivity contribution in [2.75, 3.05) is 0 Å². The van der Waals surface area contributed by atoms with Crippen molar-refractivity contribution in [3.05, 3.63) is 57.5 Å². The zero-order chi connectivity index (χ0) is 19.5. The fourth-order valence-electron chi connectivity index (χ4n) is 3.38. The molecule has 2 aromatic carbocycles. The number of H-pyrrole nitrogens is 1. The van der Waals surface area contributed by atoms with E-state index in [9.17, 15) is 14.3 Å². The molecule has 4 rings (SSSR count). The molecule has 0 bridgehead atoms. The molecule has 2 N–H and O–H groups in total. The van der Waals surface area contributed by atoms with Crippen molar-refractivity contribution in [3.8, 4) is 28.1 Å². The third kappa shape index (κ3) is 2.67. The lowest BCUT2D eigenvalue weighted by molar-refractivity contribution is 0.0665. The number of fused-ring (bicyclic) bond motifs is 3. The van der Waals surface area contributed by atoms with Crippen LogP contribution in [0.4, 0.5) is 4.39 Å². The smallest absolute Gasteiger partial charge is 0.354 e. The summed E-state index contributed by atoms with van der Waals surface area (Å²) in [4.78, 5) is 11.5. The molecule has 0 atom stereocenters. The quantitative estimate of drug-likeness (QED) is 0.587. The van der Waals surface area contributed by atoms with E-state index in [-0.39, 0.29) is 22.0 Å². The monoisotopic (exact) mass is 406 g/mol. The highest BCUT2D eigenvalue weighted by Gasteiger charge is 2.41. The standard InChI is InChI=1S/C19H13Cl2FN2O3/c1-19(2)14-15(23-24-16(14)18(25)26)10-5-6-12(22)13(17(10)27-19)9-4-3-8(20)7-11(9)21/h3-7H,1-2H3,(H,23,24)(H,25,26). The second-order valence-electron chi connectivity index (χ2n) is 6.66. The Balaban J connectivity index is 2.04. The van der Waals surface area contributed by atoms with Gasteiger partial charge in [-0.2, -0.15) is 5.10 Å². The first kappa shape index (κ1) is 17.8. The van der Waals surface area contributed by atoms with E-state index in [4.69, 9.17) is 27.9 Å². The summed E-state index contributed by atoms with van der Waals surface area (Å²) in [6, 6.07) is 7.53. The third-order valence-corrected chi connectivity index (χ3v) is 5.05. The van der Waals surface area contributed by atoms with Gasteiger partial charge in [-0.3, -0.25) is 5.10 Å². The Hall–Kier alpha value is -2.57. The normalized spacial score (nSPS) is 14.3. The highest BCUT2D eigenvalue weighted by atomic mass is 35.5. The Morgan fingerprint density at radius 3 is 2.59 bits per heavy atom. The topological polar surface area (TPSA) is 75.2 Å². The van der Waals surface area contributed by atoms with Gasteiger partial charge >= 0.3 is 5.97 Å². The van der Waals surface area contributed by atoms with Gasteiger partial charge in [0, 0.05) is 16.1 Å². The van der Waals surface area contributed by atoms with Crippen molar-refractivity contribution in [1.29, 1.82) is 0 Å². The van der Waals surface area contributed by atoms with Crippen molar-refractivity contribution in [2.24, 2.45) is 0 Å². The van der Waals surface area contributed by atoms with Crippen LogP contribution in [-0.4, -0.2) is 21.3 Å². The molecule has 8 heteroatoms. The van der Waals surface area contributed by atoms with Crippen molar-refractivity contribution in [1.82, 2.24) is 10.2 Å². The van der Waals surface area contributed by atoms with Crippen molar-refractivity contribution in [2.45, 2.75) is 19.4 Å². The molecule has 0 unspecified atom stereocenters. The van der Waals surface area contributed by atoms with Gasteiger partial charge in [0.15, 0.2) is 5.69 Å². The lowest BCUT2D eigenvalue weighted by Crippen LogP contribution is -2.31. The van der Waals surface area contributed by atoms with Crippen LogP contribution in [0.15, 0.2) is 30.3 Å². The second-order valence-corrected chi connectivity index (χ2v) is 7.51. The molecule has 0 radical (unpaired) electrons. The molecule has 0 spiro atoms. The molecule has 0 saturated heterocycles. The molecular weight excluding hydrogens is 394 g/mol. The van der Waals surface area contributed by atoms with Gasteiger partial charge in [0.1, 0.15) is 22.9 Å². The maximum absolute atomic E-state index is 14.8. The van der Waals surface area contributed by atoms with Crippen molar-refractivity contribution >= 4 is 29.2 Å². The molecule has 2 heterocycles. The molecule has 0 saturated carbocycles. The van der Waals surface area contributed by atoms with E-state index in [1.54, 1.807) is 26.0 Å². The van der Waals surface area contributed by atoms with Crippen LogP contribution >= 0.6 is 23.2 Å². The van der Waals surface area contributed by atoms with Crippen LogP contribution < -0.4 is 4.74 Å². The minimum atomic E-state index is -1.15. The first-order valence-electron chi connectivity index (χ1n) is 8.00. The number of carboxylic acids is 1. The molecule has 138 valence electrons. The number of hydrogen-bond donors (Lipinski definition) is 2.